The van der Waals surface area contributed by atoms with Crippen molar-refractivity contribution in [1.82, 2.24) is 0 Å². The molecule has 0 spiro atoms. The maximum absolute atomic E-state index is 13.9. The molecule has 0 aliphatic rings. The van der Waals surface area contributed by atoms with Crippen LogP contribution in [-0.4, -0.2) is 20.8 Å². The molecule has 0 amide bonds. The van der Waals surface area contributed by atoms with E-state index in [2.05, 4.69) is 0 Å². The number of unbranched alkanes of at least 4 members (excludes halogenated alkanes) is 1. The van der Waals surface area contributed by atoms with E-state index < -0.39 is 0 Å². The lowest BCUT2D eigenvalue weighted by atomic mass is 10.0. The summed E-state index contributed by atoms with van der Waals surface area (Å²) >= 11 is 0. The third-order valence-corrected chi connectivity index (χ3v) is 2.87. The van der Waals surface area contributed by atoms with Crippen molar-refractivity contribution in [1.29, 1.82) is 0 Å². The Morgan fingerprint density at radius 1 is 1.17 bits per heavy atom. The number of halogens is 1. The van der Waals surface area contributed by atoms with Crippen LogP contribution in [-0.2, 0) is 0 Å². The number of rotatable bonds is 7. The van der Waals surface area contributed by atoms with Gasteiger partial charge in [0, 0.05) is 17.7 Å². The van der Waals surface area contributed by atoms with Crippen LogP contribution in [0.5, 0.6) is 11.5 Å². The van der Waals surface area contributed by atoms with Gasteiger partial charge < -0.3 is 20.9 Å². The maximum Gasteiger partial charge on any atom is 0.163 e. The molecule has 0 aliphatic carbocycles. The summed E-state index contributed by atoms with van der Waals surface area (Å²) in [5.41, 5.74) is 11.8. The second kappa shape index (κ2) is 7.18. The van der Waals surface area contributed by atoms with E-state index in [1.807, 2.05) is 0 Å². The number of hydrogen-bond donors (Lipinski definition) is 2. The highest BCUT2D eigenvalue weighted by Crippen LogP contribution is 2.32. The van der Waals surface area contributed by atoms with Crippen LogP contribution in [0.3, 0.4) is 0 Å². The van der Waals surface area contributed by atoms with E-state index in [1.54, 1.807) is 6.07 Å². The van der Waals surface area contributed by atoms with Gasteiger partial charge in [-0.15, -0.1) is 0 Å². The first-order chi connectivity index (χ1) is 8.63. The molecule has 1 aromatic carbocycles. The first-order valence-corrected chi connectivity index (χ1v) is 6.01. The molecule has 1 aromatic rings. The molecular formula is C13H21FN2O2. The van der Waals surface area contributed by atoms with Crippen LogP contribution in [0, 0.1) is 5.82 Å². The van der Waals surface area contributed by atoms with Gasteiger partial charge in [-0.25, -0.2) is 4.39 Å². The van der Waals surface area contributed by atoms with Crippen molar-refractivity contribution in [3.63, 3.8) is 0 Å². The predicted octanol–water partition coefficient (Wildman–Crippen LogP) is 1.97. The van der Waals surface area contributed by atoms with Gasteiger partial charge >= 0.3 is 0 Å². The highest BCUT2D eigenvalue weighted by atomic mass is 19.1. The van der Waals surface area contributed by atoms with Crippen molar-refractivity contribution >= 4 is 0 Å². The van der Waals surface area contributed by atoms with Gasteiger partial charge in [0.1, 0.15) is 5.82 Å². The highest BCUT2D eigenvalue weighted by Gasteiger charge is 2.16. The molecule has 0 heterocycles. The summed E-state index contributed by atoms with van der Waals surface area (Å²) in [5.74, 6) is 0.490. The molecule has 0 saturated heterocycles. The van der Waals surface area contributed by atoms with Gasteiger partial charge in [0.05, 0.1) is 14.2 Å². The van der Waals surface area contributed by atoms with Crippen LogP contribution >= 0.6 is 0 Å². The summed E-state index contributed by atoms with van der Waals surface area (Å²) in [5, 5.41) is 0. The van der Waals surface area contributed by atoms with Crippen LogP contribution in [0.4, 0.5) is 4.39 Å². The average Bonchev–Trinajstić information content (AvgIpc) is 2.38. The molecular weight excluding hydrogens is 235 g/mol. The molecule has 0 aromatic heterocycles. The summed E-state index contributed by atoms with van der Waals surface area (Å²) in [4.78, 5) is 0. The lowest BCUT2D eigenvalue weighted by Crippen LogP contribution is -2.13. The summed E-state index contributed by atoms with van der Waals surface area (Å²) < 4.78 is 24.0. The van der Waals surface area contributed by atoms with E-state index in [0.29, 0.717) is 30.0 Å². The zero-order valence-electron chi connectivity index (χ0n) is 10.9. The summed E-state index contributed by atoms with van der Waals surface area (Å²) in [6.07, 6.45) is 2.47. The summed E-state index contributed by atoms with van der Waals surface area (Å²) in [6.45, 7) is 0.626. The Bertz CT molecular complexity index is 385. The first-order valence-electron chi connectivity index (χ1n) is 6.01. The van der Waals surface area contributed by atoms with Crippen molar-refractivity contribution in [2.24, 2.45) is 11.5 Å². The topological polar surface area (TPSA) is 70.5 Å². The molecule has 5 heteroatoms. The zero-order valence-corrected chi connectivity index (χ0v) is 10.9. The number of hydrogen-bond acceptors (Lipinski definition) is 4. The van der Waals surface area contributed by atoms with Crippen LogP contribution < -0.4 is 20.9 Å². The summed E-state index contributed by atoms with van der Waals surface area (Å²) in [7, 11) is 2.98. The third kappa shape index (κ3) is 3.58. The predicted molar refractivity (Wildman–Crippen MR) is 69.3 cm³/mol. The van der Waals surface area contributed by atoms with Gasteiger partial charge in [-0.2, -0.15) is 0 Å². The maximum atomic E-state index is 13.9. The minimum Gasteiger partial charge on any atom is -0.493 e. The Morgan fingerprint density at radius 3 is 2.33 bits per heavy atom. The van der Waals surface area contributed by atoms with Gasteiger partial charge in [-0.3, -0.25) is 0 Å². The Kier molecular flexibility index (Phi) is 5.88. The normalized spacial score (nSPS) is 12.3. The van der Waals surface area contributed by atoms with E-state index in [4.69, 9.17) is 20.9 Å². The number of nitrogens with two attached hydrogens (primary N) is 2. The molecule has 0 aliphatic heterocycles. The Labute approximate surface area is 107 Å². The quantitative estimate of drug-likeness (QED) is 0.732. The Hall–Kier alpha value is -1.33. The van der Waals surface area contributed by atoms with Crippen molar-refractivity contribution < 1.29 is 13.9 Å². The lowest BCUT2D eigenvalue weighted by molar-refractivity contribution is 0.350. The molecule has 0 bridgehead atoms. The van der Waals surface area contributed by atoms with Crippen LogP contribution in [0.1, 0.15) is 30.9 Å². The highest BCUT2D eigenvalue weighted by molar-refractivity contribution is 5.44. The van der Waals surface area contributed by atoms with Crippen molar-refractivity contribution in [3.05, 3.63) is 23.5 Å². The Morgan fingerprint density at radius 2 is 1.78 bits per heavy atom. The largest absolute Gasteiger partial charge is 0.493 e. The van der Waals surface area contributed by atoms with Gasteiger partial charge in [0.25, 0.3) is 0 Å². The molecule has 0 saturated carbocycles. The number of benzene rings is 1. The molecule has 4 N–H and O–H groups in total. The minimum atomic E-state index is -0.368. The third-order valence-electron chi connectivity index (χ3n) is 2.87. The molecule has 0 fully saturated rings. The second-order valence-corrected chi connectivity index (χ2v) is 4.12. The van der Waals surface area contributed by atoms with Crippen molar-refractivity contribution in [2.75, 3.05) is 20.8 Å². The van der Waals surface area contributed by atoms with E-state index in [-0.39, 0.29) is 11.9 Å². The van der Waals surface area contributed by atoms with Crippen molar-refractivity contribution in [2.45, 2.75) is 25.3 Å². The number of methoxy groups -OCH3 is 2. The smallest absolute Gasteiger partial charge is 0.163 e. The van der Waals surface area contributed by atoms with E-state index in [1.165, 1.54) is 20.3 Å². The molecule has 4 nitrogen and oxygen atoms in total. The standard InChI is InChI=1S/C13H21FN2O2/c1-17-12-7-9(10(14)8-13(12)18-2)11(16)5-3-4-6-15/h7-8,11H,3-6,15-16H2,1-2H3/t11-/m0/s1. The molecule has 18 heavy (non-hydrogen) atoms. The monoisotopic (exact) mass is 256 g/mol. The lowest BCUT2D eigenvalue weighted by Gasteiger charge is -2.16. The van der Waals surface area contributed by atoms with Crippen LogP contribution in [0.15, 0.2) is 12.1 Å². The zero-order chi connectivity index (χ0) is 13.5. The average molecular weight is 256 g/mol. The molecule has 102 valence electrons. The first kappa shape index (κ1) is 14.7. The van der Waals surface area contributed by atoms with Gasteiger partial charge in [-0.05, 0) is 25.5 Å². The van der Waals surface area contributed by atoms with Crippen LogP contribution in [0.25, 0.3) is 0 Å². The van der Waals surface area contributed by atoms with Gasteiger partial charge in [-0.1, -0.05) is 6.42 Å². The van der Waals surface area contributed by atoms with E-state index in [0.717, 1.165) is 12.8 Å². The number of ether oxygens (including phenoxy) is 2. The molecule has 1 atom stereocenters. The minimum absolute atomic E-state index is 0.351. The van der Waals surface area contributed by atoms with E-state index in [9.17, 15) is 4.39 Å². The second-order valence-electron chi connectivity index (χ2n) is 4.12. The Balaban J connectivity index is 2.87. The fourth-order valence-corrected chi connectivity index (χ4v) is 1.82. The van der Waals surface area contributed by atoms with E-state index >= 15 is 0 Å². The summed E-state index contributed by atoms with van der Waals surface area (Å²) in [6, 6.07) is 2.55. The molecule has 0 radical (unpaired) electrons. The fourth-order valence-electron chi connectivity index (χ4n) is 1.82. The van der Waals surface area contributed by atoms with Gasteiger partial charge in [0.2, 0.25) is 0 Å². The van der Waals surface area contributed by atoms with Crippen LogP contribution in [0.2, 0.25) is 0 Å². The molecule has 0 unspecified atom stereocenters. The van der Waals surface area contributed by atoms with Gasteiger partial charge in [0.15, 0.2) is 11.5 Å². The molecule has 1 rings (SSSR count). The SMILES string of the molecule is COc1cc(F)c([C@@H](N)CCCCN)cc1OC. The van der Waals surface area contributed by atoms with Crippen molar-refractivity contribution in [3.8, 4) is 11.5 Å². The fraction of sp³-hybridized carbons (Fsp3) is 0.538.